The van der Waals surface area contributed by atoms with Crippen LogP contribution in [0, 0.1) is 0 Å². The van der Waals surface area contributed by atoms with Crippen LogP contribution >= 0.6 is 0 Å². The van der Waals surface area contributed by atoms with Gasteiger partial charge in [0.1, 0.15) is 11.4 Å². The molecule has 0 radical (unpaired) electrons. The summed E-state index contributed by atoms with van der Waals surface area (Å²) in [6.07, 6.45) is 0. The molecule has 0 amide bonds. The first-order valence-electron chi connectivity index (χ1n) is 6.48. The van der Waals surface area contributed by atoms with E-state index >= 15 is 0 Å². The summed E-state index contributed by atoms with van der Waals surface area (Å²) < 4.78 is 0. The van der Waals surface area contributed by atoms with E-state index in [1.165, 1.54) is 0 Å². The van der Waals surface area contributed by atoms with E-state index in [4.69, 9.17) is 0 Å². The summed E-state index contributed by atoms with van der Waals surface area (Å²) in [7, 11) is 0. The van der Waals surface area contributed by atoms with Crippen molar-refractivity contribution in [3.05, 3.63) is 70.8 Å². The largest absolute Gasteiger partial charge is 0.411 e. The Kier molecular flexibility index (Phi) is 2.21. The second-order valence-electron chi connectivity index (χ2n) is 5.09. The molecule has 0 unspecified atom stereocenters. The van der Waals surface area contributed by atoms with Crippen molar-refractivity contribution in [2.45, 2.75) is 11.8 Å². The number of oxime groups is 2. The number of hydrogen-bond donors (Lipinski definition) is 2. The Bertz CT molecular complexity index is 653. The van der Waals surface area contributed by atoms with Crippen molar-refractivity contribution in [1.29, 1.82) is 0 Å². The third-order valence-electron chi connectivity index (χ3n) is 4.26. The molecule has 2 aromatic carbocycles. The van der Waals surface area contributed by atoms with Crippen LogP contribution in [0.15, 0.2) is 58.8 Å². The lowest BCUT2D eigenvalue weighted by molar-refractivity contribution is 0.310. The van der Waals surface area contributed by atoms with E-state index in [0.29, 0.717) is 11.4 Å². The smallest absolute Gasteiger partial charge is 0.117 e. The van der Waals surface area contributed by atoms with Gasteiger partial charge in [-0.05, 0) is 22.3 Å². The van der Waals surface area contributed by atoms with Gasteiger partial charge >= 0.3 is 0 Å². The first kappa shape index (κ1) is 11.2. The fourth-order valence-corrected chi connectivity index (χ4v) is 3.51. The van der Waals surface area contributed by atoms with Crippen LogP contribution in [0.2, 0.25) is 0 Å². The lowest BCUT2D eigenvalue weighted by atomic mass is 9.62. The highest BCUT2D eigenvalue weighted by atomic mass is 16.4. The van der Waals surface area contributed by atoms with Gasteiger partial charge in [0, 0.05) is 0 Å². The fraction of sp³-hybridized carbons (Fsp3) is 0.125. The molecule has 3 aliphatic rings. The maximum atomic E-state index is 9.36. The average molecular weight is 264 g/mol. The number of benzene rings is 2. The average Bonchev–Trinajstić information content (AvgIpc) is 2.53. The molecule has 0 aliphatic heterocycles. The zero-order chi connectivity index (χ0) is 13.7. The van der Waals surface area contributed by atoms with Crippen molar-refractivity contribution in [2.24, 2.45) is 10.3 Å². The molecule has 0 saturated heterocycles. The summed E-state index contributed by atoms with van der Waals surface area (Å²) >= 11 is 0. The molecule has 98 valence electrons. The lowest BCUT2D eigenvalue weighted by Crippen LogP contribution is -2.41. The summed E-state index contributed by atoms with van der Waals surface area (Å²) in [5, 5.41) is 25.5. The van der Waals surface area contributed by atoms with Crippen LogP contribution in [0.25, 0.3) is 0 Å². The molecule has 0 saturated carbocycles. The summed E-state index contributed by atoms with van der Waals surface area (Å²) in [6, 6.07) is 16.1. The molecular formula is C16H12N2O2. The third-order valence-corrected chi connectivity index (χ3v) is 4.26. The van der Waals surface area contributed by atoms with E-state index in [0.717, 1.165) is 22.3 Å². The van der Waals surface area contributed by atoms with Crippen molar-refractivity contribution in [2.75, 3.05) is 0 Å². The molecule has 0 atom stereocenters. The van der Waals surface area contributed by atoms with Crippen LogP contribution in [0.4, 0.5) is 0 Å². The first-order valence-corrected chi connectivity index (χ1v) is 6.48. The minimum absolute atomic E-state index is 0.164. The van der Waals surface area contributed by atoms with Crippen molar-refractivity contribution in [3.8, 4) is 0 Å². The lowest BCUT2D eigenvalue weighted by Gasteiger charge is -2.40. The quantitative estimate of drug-likeness (QED) is 0.567. The monoisotopic (exact) mass is 264 g/mol. The van der Waals surface area contributed by atoms with E-state index in [1.807, 2.05) is 48.5 Å². The van der Waals surface area contributed by atoms with Gasteiger partial charge in [0.15, 0.2) is 0 Å². The molecule has 2 aromatic rings. The Morgan fingerprint density at radius 2 is 0.900 bits per heavy atom. The van der Waals surface area contributed by atoms with Gasteiger partial charge in [0.2, 0.25) is 0 Å². The maximum Gasteiger partial charge on any atom is 0.117 e. The van der Waals surface area contributed by atoms with Gasteiger partial charge in [-0.25, -0.2) is 0 Å². The van der Waals surface area contributed by atoms with Crippen molar-refractivity contribution in [1.82, 2.24) is 0 Å². The van der Waals surface area contributed by atoms with Gasteiger partial charge in [-0.3, -0.25) is 0 Å². The molecule has 4 nitrogen and oxygen atoms in total. The van der Waals surface area contributed by atoms with E-state index in [1.54, 1.807) is 0 Å². The van der Waals surface area contributed by atoms with Gasteiger partial charge in [-0.1, -0.05) is 58.8 Å². The van der Waals surface area contributed by atoms with Gasteiger partial charge < -0.3 is 10.4 Å². The predicted octanol–water partition coefficient (Wildman–Crippen LogP) is 2.94. The van der Waals surface area contributed by atoms with Crippen LogP contribution in [-0.4, -0.2) is 21.8 Å². The molecular weight excluding hydrogens is 252 g/mol. The van der Waals surface area contributed by atoms with E-state index in [2.05, 4.69) is 10.3 Å². The number of fused-ring (bicyclic) bond motifs is 1. The zero-order valence-corrected chi connectivity index (χ0v) is 10.6. The van der Waals surface area contributed by atoms with Crippen LogP contribution in [0.1, 0.15) is 34.1 Å². The topological polar surface area (TPSA) is 65.2 Å². The van der Waals surface area contributed by atoms with Gasteiger partial charge in [-0.15, -0.1) is 0 Å². The Morgan fingerprint density at radius 3 is 1.15 bits per heavy atom. The standard InChI is InChI=1S/C16H12N2O2/c19-17-15-13-9-5-1-2-6-10(9)14(16(15)18-20)12-8-4-3-7-11(12)13/h1-8,13-14,19-20H. The number of nitrogens with zero attached hydrogens (tertiary/aromatic N) is 2. The number of hydrogen-bond acceptors (Lipinski definition) is 4. The van der Waals surface area contributed by atoms with Gasteiger partial charge in [0.05, 0.1) is 11.8 Å². The summed E-state index contributed by atoms with van der Waals surface area (Å²) in [4.78, 5) is 0. The molecule has 0 fully saturated rings. The molecule has 3 aliphatic carbocycles. The normalized spacial score (nSPS) is 26.6. The van der Waals surface area contributed by atoms with Crippen LogP contribution in [-0.2, 0) is 0 Å². The Labute approximate surface area is 115 Å². The van der Waals surface area contributed by atoms with Crippen LogP contribution < -0.4 is 0 Å². The van der Waals surface area contributed by atoms with E-state index < -0.39 is 0 Å². The first-order chi connectivity index (χ1) is 9.86. The fourth-order valence-electron chi connectivity index (χ4n) is 3.51. The molecule has 20 heavy (non-hydrogen) atoms. The molecule has 5 rings (SSSR count). The molecule has 0 spiro atoms. The third kappa shape index (κ3) is 1.20. The van der Waals surface area contributed by atoms with E-state index in [-0.39, 0.29) is 11.8 Å². The maximum absolute atomic E-state index is 9.36. The Hall–Kier alpha value is -2.62. The van der Waals surface area contributed by atoms with Gasteiger partial charge in [0.25, 0.3) is 0 Å². The minimum atomic E-state index is -0.164. The van der Waals surface area contributed by atoms with E-state index in [9.17, 15) is 10.4 Å². The highest BCUT2D eigenvalue weighted by Gasteiger charge is 2.46. The van der Waals surface area contributed by atoms with Crippen molar-refractivity contribution in [3.63, 3.8) is 0 Å². The van der Waals surface area contributed by atoms with Crippen LogP contribution in [0.5, 0.6) is 0 Å². The molecule has 2 bridgehead atoms. The Morgan fingerprint density at radius 1 is 0.600 bits per heavy atom. The van der Waals surface area contributed by atoms with Crippen molar-refractivity contribution < 1.29 is 10.4 Å². The SMILES string of the molecule is ON=C1C(=NO)C2c3ccccc3C1c1ccccc12. The minimum Gasteiger partial charge on any atom is -0.411 e. The highest BCUT2D eigenvalue weighted by Crippen LogP contribution is 2.49. The molecule has 2 N–H and O–H groups in total. The predicted molar refractivity (Wildman–Crippen MR) is 75.0 cm³/mol. The van der Waals surface area contributed by atoms with Crippen molar-refractivity contribution >= 4 is 11.4 Å². The number of rotatable bonds is 0. The molecule has 4 heteroatoms. The highest BCUT2D eigenvalue weighted by molar-refractivity contribution is 6.49. The Balaban J connectivity index is 2.13. The second kappa shape index (κ2) is 3.93. The summed E-state index contributed by atoms with van der Waals surface area (Å²) in [5.74, 6) is -0.327. The van der Waals surface area contributed by atoms with Gasteiger partial charge in [-0.2, -0.15) is 0 Å². The summed E-state index contributed by atoms with van der Waals surface area (Å²) in [5.41, 5.74) is 5.37. The summed E-state index contributed by atoms with van der Waals surface area (Å²) in [6.45, 7) is 0. The second-order valence-corrected chi connectivity index (χ2v) is 5.09. The molecule has 0 heterocycles. The van der Waals surface area contributed by atoms with Crippen LogP contribution in [0.3, 0.4) is 0 Å². The molecule has 0 aromatic heterocycles. The zero-order valence-electron chi connectivity index (χ0n) is 10.6.